The fourth-order valence-electron chi connectivity index (χ4n) is 2.18. The van der Waals surface area contributed by atoms with E-state index in [0.717, 1.165) is 28.4 Å². The molecule has 0 spiro atoms. The lowest BCUT2D eigenvalue weighted by Crippen LogP contribution is -2.07. The van der Waals surface area contributed by atoms with Crippen LogP contribution in [0.15, 0.2) is 48.5 Å². The summed E-state index contributed by atoms with van der Waals surface area (Å²) in [7, 11) is 0. The molecule has 1 aromatic heterocycles. The zero-order chi connectivity index (χ0) is 16.8. The number of hydrogen-bond acceptors (Lipinski definition) is 5. The third kappa shape index (κ3) is 4.23. The summed E-state index contributed by atoms with van der Waals surface area (Å²) in [5.74, 6) is 1.49. The van der Waals surface area contributed by atoms with Crippen LogP contribution in [-0.4, -0.2) is 20.2 Å². The molecular formula is C17H18ClN5O. The van der Waals surface area contributed by atoms with Gasteiger partial charge in [-0.05, 0) is 52.7 Å². The molecule has 0 saturated heterocycles. The smallest absolute Gasteiger partial charge is 0.243 e. The van der Waals surface area contributed by atoms with Crippen molar-refractivity contribution in [2.75, 3.05) is 5.32 Å². The van der Waals surface area contributed by atoms with E-state index in [2.05, 4.69) is 20.8 Å². The summed E-state index contributed by atoms with van der Waals surface area (Å²) in [6.45, 7) is 3.89. The number of nitrogens with zero attached hydrogens (tertiary/aromatic N) is 4. The van der Waals surface area contributed by atoms with Gasteiger partial charge in [-0.2, -0.15) is 0 Å². The van der Waals surface area contributed by atoms with Crippen molar-refractivity contribution in [2.24, 2.45) is 0 Å². The van der Waals surface area contributed by atoms with Crippen molar-refractivity contribution in [2.45, 2.75) is 26.6 Å². The second-order valence-electron chi connectivity index (χ2n) is 5.23. The van der Waals surface area contributed by atoms with Crippen LogP contribution in [0.2, 0.25) is 5.02 Å². The van der Waals surface area contributed by atoms with E-state index in [4.69, 9.17) is 16.3 Å². The van der Waals surface area contributed by atoms with Crippen LogP contribution in [0.4, 0.5) is 5.95 Å². The lowest BCUT2D eigenvalue weighted by atomic mass is 10.2. The summed E-state index contributed by atoms with van der Waals surface area (Å²) >= 11 is 5.87. The summed E-state index contributed by atoms with van der Waals surface area (Å²) in [4.78, 5) is 0. The molecule has 1 N–H and O–H groups in total. The minimum absolute atomic E-state index is 0.514. The standard InChI is InChI=1S/C17H18ClN5O/c1-2-23-17(20-21-22-23)19-11-13-5-9-16(10-6-13)24-12-14-3-7-15(18)8-4-14/h3-10H,2,11-12H2,1H3,(H,19,20,22). The van der Waals surface area contributed by atoms with Crippen LogP contribution in [0.3, 0.4) is 0 Å². The van der Waals surface area contributed by atoms with Gasteiger partial charge in [-0.1, -0.05) is 41.0 Å². The second-order valence-corrected chi connectivity index (χ2v) is 5.67. The highest BCUT2D eigenvalue weighted by Crippen LogP contribution is 2.16. The Morgan fingerprint density at radius 2 is 1.75 bits per heavy atom. The van der Waals surface area contributed by atoms with Crippen molar-refractivity contribution in [3.05, 3.63) is 64.7 Å². The minimum atomic E-state index is 0.514. The van der Waals surface area contributed by atoms with Gasteiger partial charge in [0, 0.05) is 18.1 Å². The Morgan fingerprint density at radius 1 is 1.04 bits per heavy atom. The highest BCUT2D eigenvalue weighted by molar-refractivity contribution is 6.30. The maximum atomic E-state index is 5.87. The third-order valence-corrected chi connectivity index (χ3v) is 3.78. The Kier molecular flexibility index (Phi) is 5.28. The Hall–Kier alpha value is -2.60. The average Bonchev–Trinajstić information content (AvgIpc) is 3.08. The van der Waals surface area contributed by atoms with Crippen LogP contribution in [-0.2, 0) is 19.7 Å². The van der Waals surface area contributed by atoms with Gasteiger partial charge in [0.1, 0.15) is 12.4 Å². The summed E-state index contributed by atoms with van der Waals surface area (Å²) in [6.07, 6.45) is 0. The van der Waals surface area contributed by atoms with Gasteiger partial charge in [0.2, 0.25) is 5.95 Å². The first-order chi connectivity index (χ1) is 11.7. The molecule has 6 nitrogen and oxygen atoms in total. The fourth-order valence-corrected chi connectivity index (χ4v) is 2.30. The Balaban J connectivity index is 1.52. The van der Waals surface area contributed by atoms with Crippen molar-refractivity contribution in [3.8, 4) is 5.75 Å². The lowest BCUT2D eigenvalue weighted by Gasteiger charge is -2.08. The normalized spacial score (nSPS) is 10.6. The number of rotatable bonds is 7. The van der Waals surface area contributed by atoms with Gasteiger partial charge in [0.05, 0.1) is 0 Å². The summed E-state index contributed by atoms with van der Waals surface area (Å²) in [6, 6.07) is 15.6. The third-order valence-electron chi connectivity index (χ3n) is 3.52. The molecule has 0 radical (unpaired) electrons. The molecule has 3 aromatic rings. The van der Waals surface area contributed by atoms with Gasteiger partial charge in [0.15, 0.2) is 0 Å². The first-order valence-corrected chi connectivity index (χ1v) is 8.08. The largest absolute Gasteiger partial charge is 0.489 e. The Morgan fingerprint density at radius 3 is 2.46 bits per heavy atom. The van der Waals surface area contributed by atoms with Gasteiger partial charge >= 0.3 is 0 Å². The highest BCUT2D eigenvalue weighted by Gasteiger charge is 2.03. The summed E-state index contributed by atoms with van der Waals surface area (Å²) in [5, 5.41) is 15.4. The maximum Gasteiger partial charge on any atom is 0.243 e. The molecule has 0 aliphatic rings. The zero-order valence-corrected chi connectivity index (χ0v) is 14.1. The van der Waals surface area contributed by atoms with E-state index in [1.165, 1.54) is 0 Å². The zero-order valence-electron chi connectivity index (χ0n) is 13.3. The number of ether oxygens (including phenoxy) is 1. The number of halogens is 1. The molecule has 1 heterocycles. The second kappa shape index (κ2) is 7.79. The number of benzene rings is 2. The van der Waals surface area contributed by atoms with Crippen molar-refractivity contribution in [1.29, 1.82) is 0 Å². The molecule has 0 fully saturated rings. The molecule has 0 bridgehead atoms. The molecule has 7 heteroatoms. The van der Waals surface area contributed by atoms with E-state index in [1.54, 1.807) is 4.68 Å². The molecule has 0 amide bonds. The summed E-state index contributed by atoms with van der Waals surface area (Å²) < 4.78 is 7.49. The van der Waals surface area contributed by atoms with Crippen molar-refractivity contribution in [1.82, 2.24) is 20.2 Å². The number of aryl methyl sites for hydroxylation is 1. The molecule has 124 valence electrons. The van der Waals surface area contributed by atoms with Gasteiger partial charge in [-0.3, -0.25) is 0 Å². The fraction of sp³-hybridized carbons (Fsp3) is 0.235. The van der Waals surface area contributed by atoms with Crippen molar-refractivity contribution in [3.63, 3.8) is 0 Å². The number of hydrogen-bond donors (Lipinski definition) is 1. The predicted octanol–water partition coefficient (Wildman–Crippen LogP) is 3.54. The Bertz CT molecular complexity index is 770. The van der Waals surface area contributed by atoms with Crippen molar-refractivity contribution >= 4 is 17.5 Å². The van der Waals surface area contributed by atoms with Gasteiger partial charge in [-0.25, -0.2) is 4.68 Å². The molecule has 2 aromatic carbocycles. The summed E-state index contributed by atoms with van der Waals surface area (Å²) in [5.41, 5.74) is 2.20. The SMILES string of the molecule is CCn1nnnc1NCc1ccc(OCc2ccc(Cl)cc2)cc1. The molecule has 0 aliphatic carbocycles. The first kappa shape index (κ1) is 16.3. The lowest BCUT2D eigenvalue weighted by molar-refractivity contribution is 0.306. The number of anilines is 1. The highest BCUT2D eigenvalue weighted by atomic mass is 35.5. The molecular weight excluding hydrogens is 326 g/mol. The molecule has 3 rings (SSSR count). The molecule has 24 heavy (non-hydrogen) atoms. The van der Waals surface area contributed by atoms with Crippen molar-refractivity contribution < 1.29 is 4.74 Å². The van der Waals surface area contributed by atoms with E-state index in [0.29, 0.717) is 19.1 Å². The number of nitrogens with one attached hydrogen (secondary N) is 1. The quantitative estimate of drug-likeness (QED) is 0.710. The molecule has 0 atom stereocenters. The van der Waals surface area contributed by atoms with E-state index in [9.17, 15) is 0 Å². The molecule has 0 saturated carbocycles. The maximum absolute atomic E-state index is 5.87. The van der Waals surface area contributed by atoms with Crippen LogP contribution in [0.1, 0.15) is 18.1 Å². The van der Waals surface area contributed by atoms with Crippen LogP contribution in [0.25, 0.3) is 0 Å². The van der Waals surface area contributed by atoms with Crippen LogP contribution in [0.5, 0.6) is 5.75 Å². The van der Waals surface area contributed by atoms with Crippen LogP contribution in [0, 0.1) is 0 Å². The number of tetrazole rings is 1. The van der Waals surface area contributed by atoms with Crippen LogP contribution >= 0.6 is 11.6 Å². The van der Waals surface area contributed by atoms with Gasteiger partial charge in [0.25, 0.3) is 0 Å². The predicted molar refractivity (Wildman–Crippen MR) is 93.0 cm³/mol. The Labute approximate surface area is 145 Å². The van der Waals surface area contributed by atoms with Gasteiger partial charge in [-0.15, -0.1) is 0 Å². The minimum Gasteiger partial charge on any atom is -0.489 e. The number of aromatic nitrogens is 4. The van der Waals surface area contributed by atoms with E-state index in [1.807, 2.05) is 55.5 Å². The molecule has 0 aliphatic heterocycles. The first-order valence-electron chi connectivity index (χ1n) is 7.71. The monoisotopic (exact) mass is 343 g/mol. The van der Waals surface area contributed by atoms with Gasteiger partial charge < -0.3 is 10.1 Å². The molecule has 0 unspecified atom stereocenters. The average molecular weight is 344 g/mol. The van der Waals surface area contributed by atoms with E-state index < -0.39 is 0 Å². The van der Waals surface area contributed by atoms with Crippen LogP contribution < -0.4 is 10.1 Å². The van der Waals surface area contributed by atoms with E-state index in [-0.39, 0.29) is 0 Å². The topological polar surface area (TPSA) is 64.9 Å². The van der Waals surface area contributed by atoms with E-state index >= 15 is 0 Å².